The monoisotopic (exact) mass is 497 g/mol. The lowest BCUT2D eigenvalue weighted by molar-refractivity contribution is 1.11. The largest absolute Gasteiger partial charge is 0.292 e. The van der Waals surface area contributed by atoms with Crippen molar-refractivity contribution in [3.63, 3.8) is 0 Å². The van der Waals surface area contributed by atoms with Gasteiger partial charge in [0, 0.05) is 52.6 Å². The average Bonchev–Trinajstić information content (AvgIpc) is 3.58. The summed E-state index contributed by atoms with van der Waals surface area (Å²) < 4.78 is 6.17. The van der Waals surface area contributed by atoms with Gasteiger partial charge in [-0.1, -0.05) is 42.5 Å². The quantitative estimate of drug-likeness (QED) is 0.238. The van der Waals surface area contributed by atoms with Crippen LogP contribution in [0.1, 0.15) is 5.69 Å². The second-order valence-corrected chi connectivity index (χ2v) is 11.2. The number of imidazole rings is 1. The molecule has 0 amide bonds. The summed E-state index contributed by atoms with van der Waals surface area (Å²) >= 11 is 3.60. The van der Waals surface area contributed by atoms with E-state index in [4.69, 9.17) is 9.97 Å². The number of hydrogen-bond acceptors (Lipinski definition) is 4. The Morgan fingerprint density at radius 1 is 0.639 bits per heavy atom. The van der Waals surface area contributed by atoms with Crippen molar-refractivity contribution in [2.24, 2.45) is 0 Å². The number of thiophene rings is 2. The van der Waals surface area contributed by atoms with Gasteiger partial charge in [0.25, 0.3) is 0 Å². The zero-order chi connectivity index (χ0) is 23.8. The second-order valence-electron chi connectivity index (χ2n) is 9.13. The molecule has 0 radical (unpaired) electrons. The van der Waals surface area contributed by atoms with E-state index in [1.807, 2.05) is 11.3 Å². The maximum absolute atomic E-state index is 5.18. The zero-order valence-corrected chi connectivity index (χ0v) is 21.0. The molecule has 0 saturated carbocycles. The van der Waals surface area contributed by atoms with Crippen LogP contribution in [-0.2, 0) is 0 Å². The predicted octanol–water partition coefficient (Wildman–Crippen LogP) is 9.13. The van der Waals surface area contributed by atoms with Gasteiger partial charge in [-0.25, -0.2) is 9.97 Å². The number of rotatable bonds is 2. The van der Waals surface area contributed by atoms with Gasteiger partial charge < -0.3 is 0 Å². The fraction of sp³-hybridized carbons (Fsp3) is 0.0323. The molecule has 3 nitrogen and oxygen atoms in total. The highest BCUT2D eigenvalue weighted by atomic mass is 32.1. The highest BCUT2D eigenvalue weighted by molar-refractivity contribution is 7.26. The predicted molar refractivity (Wildman–Crippen MR) is 155 cm³/mol. The molecule has 8 aromatic rings. The van der Waals surface area contributed by atoms with Crippen molar-refractivity contribution in [2.75, 3.05) is 0 Å². The Morgan fingerprint density at radius 2 is 1.47 bits per heavy atom. The molecule has 4 heterocycles. The summed E-state index contributed by atoms with van der Waals surface area (Å²) in [7, 11) is 0. The summed E-state index contributed by atoms with van der Waals surface area (Å²) in [5.74, 6) is 0.962. The van der Waals surface area contributed by atoms with E-state index < -0.39 is 0 Å². The molecule has 0 spiro atoms. The number of aryl methyl sites for hydroxylation is 1. The van der Waals surface area contributed by atoms with Crippen LogP contribution in [0.15, 0.2) is 97.1 Å². The molecule has 0 atom stereocenters. The van der Waals surface area contributed by atoms with Crippen molar-refractivity contribution in [2.45, 2.75) is 6.92 Å². The first-order chi connectivity index (χ1) is 17.7. The van der Waals surface area contributed by atoms with Gasteiger partial charge in [-0.15, -0.1) is 22.7 Å². The van der Waals surface area contributed by atoms with Gasteiger partial charge in [0.15, 0.2) is 0 Å². The van der Waals surface area contributed by atoms with E-state index in [-0.39, 0.29) is 0 Å². The molecule has 4 aromatic heterocycles. The lowest BCUT2D eigenvalue weighted by Gasteiger charge is -2.11. The molecule has 0 aliphatic heterocycles. The Kier molecular flexibility index (Phi) is 4.18. The third kappa shape index (κ3) is 2.84. The van der Waals surface area contributed by atoms with Gasteiger partial charge in [0.1, 0.15) is 10.7 Å². The van der Waals surface area contributed by atoms with Gasteiger partial charge in [0.2, 0.25) is 0 Å². The minimum Gasteiger partial charge on any atom is -0.292 e. The molecule has 4 aromatic carbocycles. The summed E-state index contributed by atoms with van der Waals surface area (Å²) in [6.45, 7) is 2.05. The van der Waals surface area contributed by atoms with Gasteiger partial charge in [-0.3, -0.25) is 4.57 Å². The lowest BCUT2D eigenvalue weighted by atomic mass is 10.1. The van der Waals surface area contributed by atoms with E-state index in [0.717, 1.165) is 38.6 Å². The van der Waals surface area contributed by atoms with Crippen LogP contribution < -0.4 is 0 Å². The maximum atomic E-state index is 5.18. The fourth-order valence-electron chi connectivity index (χ4n) is 5.27. The number of para-hydroxylation sites is 2. The molecule has 0 unspecified atom stereocenters. The molecule has 36 heavy (non-hydrogen) atoms. The molecular formula is C31H19N3S2. The molecule has 0 aliphatic rings. The summed E-state index contributed by atoms with van der Waals surface area (Å²) in [5.41, 5.74) is 5.41. The molecule has 0 aliphatic carbocycles. The van der Waals surface area contributed by atoms with E-state index in [1.165, 1.54) is 35.6 Å². The van der Waals surface area contributed by atoms with Crippen molar-refractivity contribution in [3.05, 3.63) is 103 Å². The SMILES string of the molecule is Cc1ccc2c(n1)sc1c(-c3nc4ccccc4n3-c3ccc4sc5ccccc5c4c3)cccc12. The molecule has 0 fully saturated rings. The van der Waals surface area contributed by atoms with Crippen LogP contribution in [0.4, 0.5) is 0 Å². The number of benzene rings is 4. The first-order valence-corrected chi connectivity index (χ1v) is 13.6. The molecule has 8 rings (SSSR count). The van der Waals surface area contributed by atoms with Crippen molar-refractivity contribution in [1.29, 1.82) is 0 Å². The highest BCUT2D eigenvalue weighted by Gasteiger charge is 2.19. The van der Waals surface area contributed by atoms with Crippen molar-refractivity contribution < 1.29 is 0 Å². The van der Waals surface area contributed by atoms with Crippen LogP contribution in [0.3, 0.4) is 0 Å². The lowest BCUT2D eigenvalue weighted by Crippen LogP contribution is -1.97. The first kappa shape index (κ1) is 20.2. The summed E-state index contributed by atoms with van der Waals surface area (Å²) in [6.07, 6.45) is 0. The van der Waals surface area contributed by atoms with Gasteiger partial charge >= 0.3 is 0 Å². The van der Waals surface area contributed by atoms with Gasteiger partial charge in [-0.2, -0.15) is 0 Å². The van der Waals surface area contributed by atoms with Gasteiger partial charge in [0.05, 0.1) is 11.0 Å². The van der Waals surface area contributed by atoms with Crippen molar-refractivity contribution in [3.8, 4) is 17.1 Å². The highest BCUT2D eigenvalue weighted by Crippen LogP contribution is 2.41. The number of pyridine rings is 1. The Hall–Kier alpha value is -4.06. The molecule has 0 saturated heterocycles. The minimum absolute atomic E-state index is 0.962. The van der Waals surface area contributed by atoms with E-state index in [1.54, 1.807) is 11.3 Å². The average molecular weight is 498 g/mol. The zero-order valence-electron chi connectivity index (χ0n) is 19.4. The van der Waals surface area contributed by atoms with Crippen LogP contribution in [-0.4, -0.2) is 14.5 Å². The molecule has 0 N–H and O–H groups in total. The number of nitrogens with zero attached hydrogens (tertiary/aromatic N) is 3. The molecule has 5 heteroatoms. The first-order valence-electron chi connectivity index (χ1n) is 11.9. The standard InChI is InChI=1S/C31H19N3S2/c1-18-13-15-22-21-8-6-9-23(29(21)36-31(22)32-18)30-33-25-10-3-4-11-26(25)34(30)19-14-16-28-24(17-19)20-7-2-5-12-27(20)35-28/h2-17H,1H3. The summed E-state index contributed by atoms with van der Waals surface area (Å²) in [5, 5.41) is 5.03. The van der Waals surface area contributed by atoms with E-state index in [2.05, 4.69) is 109 Å². The number of fused-ring (bicyclic) bond motifs is 7. The topological polar surface area (TPSA) is 30.7 Å². The van der Waals surface area contributed by atoms with Gasteiger partial charge in [-0.05, 0) is 61.5 Å². The third-order valence-electron chi connectivity index (χ3n) is 6.92. The number of hydrogen-bond donors (Lipinski definition) is 0. The third-order valence-corrected chi connectivity index (χ3v) is 9.22. The van der Waals surface area contributed by atoms with Crippen LogP contribution >= 0.6 is 22.7 Å². The molecular weight excluding hydrogens is 478 g/mol. The van der Waals surface area contributed by atoms with Crippen LogP contribution in [0, 0.1) is 6.92 Å². The normalized spacial score (nSPS) is 12.0. The summed E-state index contributed by atoms with van der Waals surface area (Å²) in [6, 6.07) is 34.7. The second kappa shape index (κ2) is 7.47. The van der Waals surface area contributed by atoms with Crippen molar-refractivity contribution in [1.82, 2.24) is 14.5 Å². The molecule has 0 bridgehead atoms. The Bertz CT molecular complexity index is 2130. The number of aromatic nitrogens is 3. The van der Waals surface area contributed by atoms with E-state index in [0.29, 0.717) is 0 Å². The van der Waals surface area contributed by atoms with E-state index in [9.17, 15) is 0 Å². The van der Waals surface area contributed by atoms with Crippen molar-refractivity contribution >= 4 is 74.2 Å². The maximum Gasteiger partial charge on any atom is 0.147 e. The van der Waals surface area contributed by atoms with Crippen LogP contribution in [0.2, 0.25) is 0 Å². The fourth-order valence-corrected chi connectivity index (χ4v) is 7.58. The van der Waals surface area contributed by atoms with Crippen LogP contribution in [0.5, 0.6) is 0 Å². The Morgan fingerprint density at radius 3 is 2.44 bits per heavy atom. The Balaban J connectivity index is 1.46. The minimum atomic E-state index is 0.962. The Labute approximate surface area is 214 Å². The van der Waals surface area contributed by atoms with Crippen LogP contribution in [0.25, 0.3) is 68.6 Å². The van der Waals surface area contributed by atoms with E-state index >= 15 is 0 Å². The molecule has 170 valence electrons. The summed E-state index contributed by atoms with van der Waals surface area (Å²) in [4.78, 5) is 11.1. The smallest absolute Gasteiger partial charge is 0.147 e.